The molecule has 106 valence electrons. The SMILES string of the molecule is COc1c2c(c(OC)c3c1[C@@H]1CC[C@H]3C1)[C@H]1CC[C@@H]2C1. The topological polar surface area (TPSA) is 18.5 Å². The van der Waals surface area contributed by atoms with Gasteiger partial charge in [-0.2, -0.15) is 0 Å². The third-order valence-corrected chi connectivity index (χ3v) is 6.47. The summed E-state index contributed by atoms with van der Waals surface area (Å²) >= 11 is 0. The zero-order chi connectivity index (χ0) is 13.4. The number of hydrogen-bond acceptors (Lipinski definition) is 2. The molecule has 4 atom stereocenters. The Hall–Kier alpha value is -1.18. The summed E-state index contributed by atoms with van der Waals surface area (Å²) in [4.78, 5) is 0. The number of ether oxygens (including phenoxy) is 2. The molecule has 0 aromatic heterocycles. The molecule has 0 saturated heterocycles. The van der Waals surface area contributed by atoms with Crippen LogP contribution in [0.5, 0.6) is 11.5 Å². The van der Waals surface area contributed by atoms with E-state index in [9.17, 15) is 0 Å². The summed E-state index contributed by atoms with van der Waals surface area (Å²) in [5.74, 6) is 5.48. The summed E-state index contributed by atoms with van der Waals surface area (Å²) < 4.78 is 11.9. The lowest BCUT2D eigenvalue weighted by atomic mass is 9.81. The fourth-order valence-electron chi connectivity index (χ4n) is 5.85. The quantitative estimate of drug-likeness (QED) is 0.791. The second-order valence-electron chi connectivity index (χ2n) is 7.13. The summed E-state index contributed by atoms with van der Waals surface area (Å²) in [5.41, 5.74) is 6.14. The van der Waals surface area contributed by atoms with E-state index in [2.05, 4.69) is 0 Å². The van der Waals surface area contributed by atoms with Crippen LogP contribution in [0.15, 0.2) is 0 Å². The summed E-state index contributed by atoms with van der Waals surface area (Å²) in [7, 11) is 3.75. The van der Waals surface area contributed by atoms with Gasteiger partial charge in [-0.1, -0.05) is 0 Å². The third kappa shape index (κ3) is 1.14. The van der Waals surface area contributed by atoms with Gasteiger partial charge in [-0.05, 0) is 62.2 Å². The number of hydrogen-bond donors (Lipinski definition) is 0. The molecule has 0 radical (unpaired) electrons. The van der Waals surface area contributed by atoms with Gasteiger partial charge in [-0.25, -0.2) is 0 Å². The number of methoxy groups -OCH3 is 2. The van der Waals surface area contributed by atoms with Crippen molar-refractivity contribution < 1.29 is 9.47 Å². The Labute approximate surface area is 120 Å². The molecule has 2 saturated carbocycles. The Morgan fingerprint density at radius 3 is 1.15 bits per heavy atom. The molecular weight excluding hydrogens is 248 g/mol. The van der Waals surface area contributed by atoms with Crippen molar-refractivity contribution in [1.29, 1.82) is 0 Å². The van der Waals surface area contributed by atoms with Crippen molar-refractivity contribution in [2.45, 2.75) is 62.2 Å². The number of fused-ring (bicyclic) bond motifs is 10. The molecule has 0 N–H and O–H groups in total. The Kier molecular flexibility index (Phi) is 2.13. The average Bonchev–Trinajstić information content (AvgIpc) is 3.23. The van der Waals surface area contributed by atoms with Crippen molar-refractivity contribution in [3.8, 4) is 11.5 Å². The third-order valence-electron chi connectivity index (χ3n) is 6.47. The Morgan fingerprint density at radius 2 is 0.900 bits per heavy atom. The van der Waals surface area contributed by atoms with Crippen LogP contribution in [-0.4, -0.2) is 14.2 Å². The molecule has 1 aromatic carbocycles. The van der Waals surface area contributed by atoms with Gasteiger partial charge in [0, 0.05) is 22.3 Å². The molecule has 5 rings (SSSR count). The first-order chi connectivity index (χ1) is 9.83. The highest BCUT2D eigenvalue weighted by Gasteiger charge is 2.49. The summed E-state index contributed by atoms with van der Waals surface area (Å²) in [6.45, 7) is 0. The first-order valence-electron chi connectivity index (χ1n) is 8.15. The molecule has 4 bridgehead atoms. The van der Waals surface area contributed by atoms with Crippen molar-refractivity contribution in [2.24, 2.45) is 0 Å². The van der Waals surface area contributed by atoms with E-state index in [-0.39, 0.29) is 0 Å². The molecule has 2 fully saturated rings. The number of benzene rings is 1. The van der Waals surface area contributed by atoms with E-state index in [1.54, 1.807) is 0 Å². The van der Waals surface area contributed by atoms with Crippen molar-refractivity contribution in [2.75, 3.05) is 14.2 Å². The van der Waals surface area contributed by atoms with Crippen molar-refractivity contribution >= 4 is 0 Å². The molecule has 0 amide bonds. The zero-order valence-corrected chi connectivity index (χ0v) is 12.4. The van der Waals surface area contributed by atoms with Gasteiger partial charge in [-0.3, -0.25) is 0 Å². The van der Waals surface area contributed by atoms with Gasteiger partial charge in [0.1, 0.15) is 11.5 Å². The molecule has 0 spiro atoms. The molecule has 0 heterocycles. The fraction of sp³-hybridized carbons (Fsp3) is 0.667. The molecule has 4 aliphatic carbocycles. The normalized spacial score (nSPS) is 35.3. The highest BCUT2D eigenvalue weighted by Crippen LogP contribution is 2.67. The summed E-state index contributed by atoms with van der Waals surface area (Å²) in [5, 5.41) is 0. The lowest BCUT2D eigenvalue weighted by Crippen LogP contribution is -2.11. The molecule has 0 unspecified atom stereocenters. The maximum absolute atomic E-state index is 5.95. The molecule has 2 heteroatoms. The van der Waals surface area contributed by atoms with Crippen LogP contribution in [0.2, 0.25) is 0 Å². The summed E-state index contributed by atoms with van der Waals surface area (Å²) in [6.07, 6.45) is 8.07. The van der Waals surface area contributed by atoms with Crippen LogP contribution < -0.4 is 9.47 Å². The molecule has 1 aromatic rings. The van der Waals surface area contributed by atoms with Gasteiger partial charge in [0.15, 0.2) is 0 Å². The van der Waals surface area contributed by atoms with E-state index < -0.39 is 0 Å². The Bertz CT molecular complexity index is 506. The van der Waals surface area contributed by atoms with Crippen molar-refractivity contribution in [3.05, 3.63) is 22.3 Å². The fourth-order valence-corrected chi connectivity index (χ4v) is 5.85. The van der Waals surface area contributed by atoms with E-state index >= 15 is 0 Å². The predicted octanol–water partition coefficient (Wildman–Crippen LogP) is 4.43. The van der Waals surface area contributed by atoms with Gasteiger partial charge in [0.2, 0.25) is 0 Å². The molecular formula is C18H22O2. The zero-order valence-electron chi connectivity index (χ0n) is 12.4. The van der Waals surface area contributed by atoms with Gasteiger partial charge in [-0.15, -0.1) is 0 Å². The Morgan fingerprint density at radius 1 is 0.600 bits per heavy atom. The lowest BCUT2D eigenvalue weighted by molar-refractivity contribution is 0.379. The molecule has 2 nitrogen and oxygen atoms in total. The lowest BCUT2D eigenvalue weighted by Gasteiger charge is -2.28. The highest BCUT2D eigenvalue weighted by atomic mass is 16.5. The maximum Gasteiger partial charge on any atom is 0.126 e. The predicted molar refractivity (Wildman–Crippen MR) is 78.2 cm³/mol. The molecule has 0 aliphatic heterocycles. The van der Waals surface area contributed by atoms with Crippen LogP contribution in [0, 0.1) is 0 Å². The van der Waals surface area contributed by atoms with Crippen LogP contribution in [0.25, 0.3) is 0 Å². The second-order valence-corrected chi connectivity index (χ2v) is 7.13. The van der Waals surface area contributed by atoms with E-state index in [0.29, 0.717) is 0 Å². The van der Waals surface area contributed by atoms with Crippen molar-refractivity contribution in [3.63, 3.8) is 0 Å². The highest BCUT2D eigenvalue weighted by molar-refractivity contribution is 5.68. The minimum Gasteiger partial charge on any atom is -0.496 e. The van der Waals surface area contributed by atoms with Crippen LogP contribution in [0.3, 0.4) is 0 Å². The van der Waals surface area contributed by atoms with E-state index in [4.69, 9.17) is 9.47 Å². The average molecular weight is 270 g/mol. The minimum absolute atomic E-state index is 0.739. The van der Waals surface area contributed by atoms with E-state index in [0.717, 1.165) is 23.7 Å². The van der Waals surface area contributed by atoms with E-state index in [1.165, 1.54) is 72.3 Å². The van der Waals surface area contributed by atoms with Crippen LogP contribution >= 0.6 is 0 Å². The van der Waals surface area contributed by atoms with Gasteiger partial charge in [0.05, 0.1) is 14.2 Å². The standard InChI is InChI=1S/C18H22O2/c1-19-17-13-9-3-5-11(7-9)15(13)18(20-2)16-12-6-4-10(8-12)14(16)17/h9-12H,3-8H2,1-2H3/t9-,10-,11+,12+. The first kappa shape index (κ1) is 11.5. The molecule has 20 heavy (non-hydrogen) atoms. The van der Waals surface area contributed by atoms with Crippen LogP contribution in [-0.2, 0) is 0 Å². The van der Waals surface area contributed by atoms with Crippen LogP contribution in [0.1, 0.15) is 84.5 Å². The first-order valence-corrected chi connectivity index (χ1v) is 8.15. The van der Waals surface area contributed by atoms with Gasteiger partial charge < -0.3 is 9.47 Å². The monoisotopic (exact) mass is 270 g/mol. The maximum atomic E-state index is 5.95. The van der Waals surface area contributed by atoms with Crippen LogP contribution in [0.4, 0.5) is 0 Å². The van der Waals surface area contributed by atoms with E-state index in [1.807, 2.05) is 14.2 Å². The summed E-state index contributed by atoms with van der Waals surface area (Å²) in [6, 6.07) is 0. The van der Waals surface area contributed by atoms with Gasteiger partial charge in [0.25, 0.3) is 0 Å². The molecule has 4 aliphatic rings. The largest absolute Gasteiger partial charge is 0.496 e. The second kappa shape index (κ2) is 3.72. The smallest absolute Gasteiger partial charge is 0.126 e. The minimum atomic E-state index is 0.739. The van der Waals surface area contributed by atoms with Crippen molar-refractivity contribution in [1.82, 2.24) is 0 Å². The van der Waals surface area contributed by atoms with Gasteiger partial charge >= 0.3 is 0 Å². The Balaban J connectivity index is 1.87. The number of rotatable bonds is 2.